The molecule has 4 nitrogen and oxygen atoms in total. The third-order valence-electron chi connectivity index (χ3n) is 2.92. The maximum atomic E-state index is 8.82. The molecule has 1 aromatic heterocycles. The van der Waals surface area contributed by atoms with E-state index in [9.17, 15) is 0 Å². The van der Waals surface area contributed by atoms with E-state index in [4.69, 9.17) is 5.26 Å². The second kappa shape index (κ2) is 3.85. The molecule has 0 aliphatic heterocycles. The van der Waals surface area contributed by atoms with E-state index in [0.717, 1.165) is 5.82 Å². The van der Waals surface area contributed by atoms with E-state index in [2.05, 4.69) is 20.9 Å². The van der Waals surface area contributed by atoms with Gasteiger partial charge >= 0.3 is 0 Å². The van der Waals surface area contributed by atoms with Crippen LogP contribution in [0.5, 0.6) is 0 Å². The van der Waals surface area contributed by atoms with E-state index in [-0.39, 0.29) is 0 Å². The fraction of sp³-hybridized carbons (Fsp3) is 0.545. The fourth-order valence-corrected chi connectivity index (χ4v) is 1.75. The maximum absolute atomic E-state index is 8.82. The van der Waals surface area contributed by atoms with Crippen LogP contribution in [0.2, 0.25) is 0 Å². The number of anilines is 1. The van der Waals surface area contributed by atoms with Crippen molar-refractivity contribution in [1.82, 2.24) is 9.97 Å². The number of hydrogen-bond acceptors (Lipinski definition) is 4. The molecule has 1 aliphatic rings. The molecule has 1 fully saturated rings. The molecule has 0 amide bonds. The molecule has 0 radical (unpaired) electrons. The molecule has 0 aromatic carbocycles. The first kappa shape index (κ1) is 9.91. The average Bonchev–Trinajstić information content (AvgIpc) is 2.14. The quantitative estimate of drug-likeness (QED) is 0.731. The van der Waals surface area contributed by atoms with E-state index >= 15 is 0 Å². The lowest BCUT2D eigenvalue weighted by Crippen LogP contribution is -2.37. The summed E-state index contributed by atoms with van der Waals surface area (Å²) >= 11 is 0. The smallest absolute Gasteiger partial charge is 0.146 e. The van der Waals surface area contributed by atoms with Crippen LogP contribution in [0.15, 0.2) is 6.07 Å². The first-order valence-electron chi connectivity index (χ1n) is 5.19. The Balaban J connectivity index is 2.27. The fourth-order valence-electron chi connectivity index (χ4n) is 1.75. The van der Waals surface area contributed by atoms with Crippen LogP contribution in [0.4, 0.5) is 5.82 Å². The average molecular weight is 202 g/mol. The summed E-state index contributed by atoms with van der Waals surface area (Å²) in [5, 5.41) is 8.82. The molecule has 1 aromatic rings. The number of rotatable bonds is 2. The Morgan fingerprint density at radius 3 is 2.73 bits per heavy atom. The molecule has 15 heavy (non-hydrogen) atoms. The van der Waals surface area contributed by atoms with Gasteiger partial charge < -0.3 is 4.90 Å². The molecule has 1 aliphatic carbocycles. The van der Waals surface area contributed by atoms with Crippen molar-refractivity contribution >= 4 is 5.82 Å². The maximum Gasteiger partial charge on any atom is 0.146 e. The Hall–Kier alpha value is -1.63. The molecule has 0 N–H and O–H groups in total. The standard InChI is InChI=1S/C11H14N4/c1-8-13-9(7-12)6-11(14-8)15(2)10-4-3-5-10/h6,10H,3-5H2,1-2H3. The summed E-state index contributed by atoms with van der Waals surface area (Å²) in [4.78, 5) is 10.5. The van der Waals surface area contributed by atoms with Gasteiger partial charge in [-0.3, -0.25) is 0 Å². The van der Waals surface area contributed by atoms with Gasteiger partial charge in [-0.2, -0.15) is 5.26 Å². The van der Waals surface area contributed by atoms with Gasteiger partial charge in [-0.15, -0.1) is 0 Å². The van der Waals surface area contributed by atoms with Crippen LogP contribution < -0.4 is 4.90 Å². The molecular weight excluding hydrogens is 188 g/mol. The molecule has 0 unspecified atom stereocenters. The minimum Gasteiger partial charge on any atom is -0.357 e. The van der Waals surface area contributed by atoms with Crippen molar-refractivity contribution in [2.24, 2.45) is 0 Å². The topological polar surface area (TPSA) is 52.8 Å². The van der Waals surface area contributed by atoms with Gasteiger partial charge in [0.1, 0.15) is 23.4 Å². The third-order valence-corrected chi connectivity index (χ3v) is 2.92. The van der Waals surface area contributed by atoms with Gasteiger partial charge in [0.05, 0.1) is 0 Å². The van der Waals surface area contributed by atoms with Gasteiger partial charge in [0.15, 0.2) is 0 Å². The van der Waals surface area contributed by atoms with Gasteiger partial charge in [0.2, 0.25) is 0 Å². The minimum atomic E-state index is 0.448. The van der Waals surface area contributed by atoms with Gasteiger partial charge in [-0.25, -0.2) is 9.97 Å². The number of nitrogens with zero attached hydrogens (tertiary/aromatic N) is 4. The third kappa shape index (κ3) is 1.91. The highest BCUT2D eigenvalue weighted by Gasteiger charge is 2.23. The predicted octanol–water partition coefficient (Wildman–Crippen LogP) is 1.65. The van der Waals surface area contributed by atoms with Crippen molar-refractivity contribution in [3.8, 4) is 6.07 Å². The summed E-state index contributed by atoms with van der Waals surface area (Å²) in [6, 6.07) is 4.40. The molecule has 4 heteroatoms. The normalized spacial score (nSPS) is 15.5. The zero-order chi connectivity index (χ0) is 10.8. The molecule has 0 atom stereocenters. The highest BCUT2D eigenvalue weighted by Crippen LogP contribution is 2.27. The molecule has 1 saturated carbocycles. The Bertz CT molecular complexity index is 404. The summed E-state index contributed by atoms with van der Waals surface area (Å²) in [5.41, 5.74) is 0.448. The van der Waals surface area contributed by atoms with Crippen LogP contribution in [-0.4, -0.2) is 23.1 Å². The van der Waals surface area contributed by atoms with Crippen molar-refractivity contribution in [2.75, 3.05) is 11.9 Å². The van der Waals surface area contributed by atoms with Crippen LogP contribution in [0.1, 0.15) is 30.8 Å². The SMILES string of the molecule is Cc1nc(C#N)cc(N(C)C2CCC2)n1. The van der Waals surface area contributed by atoms with E-state index in [1.807, 2.05) is 14.0 Å². The number of hydrogen-bond donors (Lipinski definition) is 0. The number of aromatic nitrogens is 2. The van der Waals surface area contributed by atoms with E-state index < -0.39 is 0 Å². The highest BCUT2D eigenvalue weighted by molar-refractivity contribution is 5.43. The Morgan fingerprint density at radius 1 is 1.47 bits per heavy atom. The van der Waals surface area contributed by atoms with Crippen LogP contribution >= 0.6 is 0 Å². The second-order valence-corrected chi connectivity index (χ2v) is 3.97. The van der Waals surface area contributed by atoms with Crippen molar-refractivity contribution < 1.29 is 0 Å². The molecule has 78 valence electrons. The molecular formula is C11H14N4. The first-order chi connectivity index (χ1) is 7.20. The first-order valence-corrected chi connectivity index (χ1v) is 5.19. The summed E-state index contributed by atoms with van der Waals surface area (Å²) in [6.07, 6.45) is 3.74. The van der Waals surface area contributed by atoms with Crippen molar-refractivity contribution in [3.05, 3.63) is 17.6 Å². The lowest BCUT2D eigenvalue weighted by Gasteiger charge is -2.35. The molecule has 2 rings (SSSR count). The summed E-state index contributed by atoms with van der Waals surface area (Å²) in [5.74, 6) is 1.53. The zero-order valence-corrected chi connectivity index (χ0v) is 9.06. The predicted molar refractivity (Wildman–Crippen MR) is 57.5 cm³/mol. The van der Waals surface area contributed by atoms with Crippen LogP contribution in [-0.2, 0) is 0 Å². The largest absolute Gasteiger partial charge is 0.357 e. The Morgan fingerprint density at radius 2 is 2.20 bits per heavy atom. The van der Waals surface area contributed by atoms with Gasteiger partial charge in [0.25, 0.3) is 0 Å². The number of aryl methyl sites for hydroxylation is 1. The zero-order valence-electron chi connectivity index (χ0n) is 9.06. The molecule has 0 spiro atoms. The van der Waals surface area contributed by atoms with Gasteiger partial charge in [-0.05, 0) is 26.2 Å². The Kier molecular flexibility index (Phi) is 2.55. The molecule has 1 heterocycles. The van der Waals surface area contributed by atoms with Crippen molar-refractivity contribution in [1.29, 1.82) is 5.26 Å². The van der Waals surface area contributed by atoms with Gasteiger partial charge in [0, 0.05) is 19.2 Å². The highest BCUT2D eigenvalue weighted by atomic mass is 15.2. The van der Waals surface area contributed by atoms with Crippen LogP contribution in [0.25, 0.3) is 0 Å². The lowest BCUT2D eigenvalue weighted by atomic mass is 9.92. The Labute approximate surface area is 89.6 Å². The lowest BCUT2D eigenvalue weighted by molar-refractivity contribution is 0.399. The molecule has 0 saturated heterocycles. The van der Waals surface area contributed by atoms with Crippen LogP contribution in [0, 0.1) is 18.3 Å². The van der Waals surface area contributed by atoms with E-state index in [0.29, 0.717) is 17.6 Å². The van der Waals surface area contributed by atoms with E-state index in [1.165, 1.54) is 19.3 Å². The second-order valence-electron chi connectivity index (χ2n) is 3.97. The summed E-state index contributed by atoms with van der Waals surface area (Å²) in [6.45, 7) is 1.82. The van der Waals surface area contributed by atoms with E-state index in [1.54, 1.807) is 6.07 Å². The summed E-state index contributed by atoms with van der Waals surface area (Å²) < 4.78 is 0. The summed E-state index contributed by atoms with van der Waals surface area (Å²) in [7, 11) is 2.03. The van der Waals surface area contributed by atoms with Gasteiger partial charge in [-0.1, -0.05) is 0 Å². The van der Waals surface area contributed by atoms with Crippen molar-refractivity contribution in [3.63, 3.8) is 0 Å². The van der Waals surface area contributed by atoms with Crippen molar-refractivity contribution in [2.45, 2.75) is 32.2 Å². The minimum absolute atomic E-state index is 0.448. The van der Waals surface area contributed by atoms with Crippen LogP contribution in [0.3, 0.4) is 0 Å². The monoisotopic (exact) mass is 202 g/mol. The molecule has 0 bridgehead atoms. The number of nitriles is 1.